The number of nitrogens with one attached hydrogen (secondary N) is 1. The Morgan fingerprint density at radius 2 is 1.62 bits per heavy atom. The fourth-order valence-electron chi connectivity index (χ4n) is 3.90. The molecule has 8 heteroatoms. The van der Waals surface area contributed by atoms with Gasteiger partial charge in [-0.25, -0.2) is 8.42 Å². The molecule has 0 radical (unpaired) electrons. The Labute approximate surface area is 191 Å². The number of benzene rings is 2. The van der Waals surface area contributed by atoms with E-state index in [9.17, 15) is 13.2 Å². The highest BCUT2D eigenvalue weighted by Gasteiger charge is 2.33. The van der Waals surface area contributed by atoms with Gasteiger partial charge in [0, 0.05) is 37.8 Å². The van der Waals surface area contributed by atoms with E-state index in [0.717, 1.165) is 13.1 Å². The van der Waals surface area contributed by atoms with Crippen LogP contribution in [0.15, 0.2) is 59.5 Å². The first-order valence-corrected chi connectivity index (χ1v) is 12.3. The summed E-state index contributed by atoms with van der Waals surface area (Å²) in [5, 5.41) is 2.99. The zero-order chi connectivity index (χ0) is 23.5. The molecule has 1 amide bonds. The van der Waals surface area contributed by atoms with E-state index in [-0.39, 0.29) is 28.5 Å². The molecule has 2 aromatic carbocycles. The molecule has 3 rings (SSSR count). The summed E-state index contributed by atoms with van der Waals surface area (Å²) < 4.78 is 32.9. The Hall–Kier alpha value is -2.42. The maximum atomic E-state index is 12.9. The van der Waals surface area contributed by atoms with Crippen LogP contribution in [0.3, 0.4) is 0 Å². The van der Waals surface area contributed by atoms with Gasteiger partial charge < -0.3 is 10.1 Å². The number of anilines is 1. The molecule has 1 saturated heterocycles. The maximum Gasteiger partial charge on any atom is 0.264 e. The minimum atomic E-state index is -3.71. The predicted octanol–water partition coefficient (Wildman–Crippen LogP) is 3.13. The molecule has 1 aliphatic heterocycles. The Kier molecular flexibility index (Phi) is 7.27. The number of hydrogen-bond donors (Lipinski definition) is 1. The van der Waals surface area contributed by atoms with E-state index in [0.29, 0.717) is 17.8 Å². The van der Waals surface area contributed by atoms with Crippen molar-refractivity contribution in [2.24, 2.45) is 0 Å². The van der Waals surface area contributed by atoms with Crippen molar-refractivity contribution < 1.29 is 17.9 Å². The van der Waals surface area contributed by atoms with Crippen molar-refractivity contribution in [3.05, 3.63) is 60.2 Å². The molecule has 1 fully saturated rings. The fraction of sp³-hybridized carbons (Fsp3) is 0.458. The lowest BCUT2D eigenvalue weighted by Gasteiger charge is -2.45. The van der Waals surface area contributed by atoms with Gasteiger partial charge in [0.2, 0.25) is 0 Å². The quantitative estimate of drug-likeness (QED) is 0.688. The number of carbonyl (C=O) groups is 1. The van der Waals surface area contributed by atoms with Gasteiger partial charge in [0.05, 0.1) is 22.8 Å². The molecule has 0 spiro atoms. The highest BCUT2D eigenvalue weighted by atomic mass is 32.2. The first kappa shape index (κ1) is 24.2. The number of amides is 1. The molecule has 0 bridgehead atoms. The van der Waals surface area contributed by atoms with Crippen molar-refractivity contribution in [1.82, 2.24) is 10.2 Å². The van der Waals surface area contributed by atoms with Crippen LogP contribution < -0.4 is 9.62 Å². The molecule has 2 aromatic rings. The molecule has 2 atom stereocenters. The van der Waals surface area contributed by atoms with Crippen LogP contribution in [0.2, 0.25) is 0 Å². The summed E-state index contributed by atoms with van der Waals surface area (Å²) in [6.07, 6.45) is 0.300. The van der Waals surface area contributed by atoms with Crippen LogP contribution in [0.1, 0.15) is 38.1 Å². The van der Waals surface area contributed by atoms with Crippen LogP contribution in [0.4, 0.5) is 5.69 Å². The largest absolute Gasteiger partial charge is 0.373 e. The minimum Gasteiger partial charge on any atom is -0.373 e. The van der Waals surface area contributed by atoms with E-state index in [1.807, 2.05) is 6.07 Å². The number of sulfonamides is 1. The third-order valence-electron chi connectivity index (χ3n) is 5.85. The van der Waals surface area contributed by atoms with Crippen molar-refractivity contribution in [3.8, 4) is 0 Å². The van der Waals surface area contributed by atoms with Gasteiger partial charge in [0.1, 0.15) is 0 Å². The molecular formula is C24H33N3O4S. The number of ether oxygens (including phenoxy) is 1. The summed E-state index contributed by atoms with van der Waals surface area (Å²) in [7, 11) is -2.20. The highest BCUT2D eigenvalue weighted by Crippen LogP contribution is 2.23. The van der Waals surface area contributed by atoms with Crippen molar-refractivity contribution in [2.45, 2.75) is 50.3 Å². The number of morpholine rings is 1. The van der Waals surface area contributed by atoms with Crippen molar-refractivity contribution in [1.29, 1.82) is 0 Å². The van der Waals surface area contributed by atoms with Crippen LogP contribution in [-0.4, -0.2) is 63.7 Å². The van der Waals surface area contributed by atoms with Crippen molar-refractivity contribution >= 4 is 21.6 Å². The summed E-state index contributed by atoms with van der Waals surface area (Å²) >= 11 is 0. The monoisotopic (exact) mass is 459 g/mol. The molecule has 1 heterocycles. The Morgan fingerprint density at radius 3 is 2.19 bits per heavy atom. The van der Waals surface area contributed by atoms with E-state index >= 15 is 0 Å². The third-order valence-corrected chi connectivity index (χ3v) is 7.65. The molecule has 174 valence electrons. The standard InChI is InChI=1S/C24H33N3O4S/c1-18-15-27(16-19(2)31-18)24(3,4)17-25-23(28)20-11-13-22(14-12-20)32(29,30)26(5)21-9-7-6-8-10-21/h6-14,18-19H,15-17H2,1-5H3,(H,25,28). The zero-order valence-electron chi connectivity index (χ0n) is 19.4. The molecule has 1 aliphatic rings. The van der Waals surface area contributed by atoms with Crippen LogP contribution in [0.5, 0.6) is 0 Å². The van der Waals surface area contributed by atoms with E-state index < -0.39 is 10.0 Å². The predicted molar refractivity (Wildman–Crippen MR) is 126 cm³/mol. The summed E-state index contributed by atoms with van der Waals surface area (Å²) in [6, 6.07) is 14.9. The Bertz CT molecular complexity index is 1010. The first-order chi connectivity index (χ1) is 15.0. The van der Waals surface area contributed by atoms with Gasteiger partial charge >= 0.3 is 0 Å². The zero-order valence-corrected chi connectivity index (χ0v) is 20.2. The van der Waals surface area contributed by atoms with Crippen LogP contribution in [0, 0.1) is 0 Å². The van der Waals surface area contributed by atoms with Gasteiger partial charge in [-0.1, -0.05) is 18.2 Å². The second-order valence-electron chi connectivity index (χ2n) is 8.99. The SMILES string of the molecule is CC1CN(C(C)(C)CNC(=O)c2ccc(S(=O)(=O)N(C)c3ccccc3)cc2)CC(C)O1. The number of nitrogens with zero attached hydrogens (tertiary/aromatic N) is 2. The number of rotatable bonds is 7. The normalized spacial score (nSPS) is 20.0. The van der Waals surface area contributed by atoms with Gasteiger partial charge in [-0.3, -0.25) is 14.0 Å². The summed E-state index contributed by atoms with van der Waals surface area (Å²) in [5.74, 6) is -0.229. The highest BCUT2D eigenvalue weighted by molar-refractivity contribution is 7.92. The molecule has 0 aromatic heterocycles. The van der Waals surface area contributed by atoms with E-state index in [1.54, 1.807) is 36.4 Å². The van der Waals surface area contributed by atoms with Crippen LogP contribution >= 0.6 is 0 Å². The van der Waals surface area contributed by atoms with E-state index in [2.05, 4.69) is 37.9 Å². The molecule has 32 heavy (non-hydrogen) atoms. The second-order valence-corrected chi connectivity index (χ2v) is 11.0. The lowest BCUT2D eigenvalue weighted by Crippen LogP contribution is -2.58. The molecule has 1 N–H and O–H groups in total. The van der Waals surface area contributed by atoms with Gasteiger partial charge in [-0.05, 0) is 64.1 Å². The average molecular weight is 460 g/mol. The summed E-state index contributed by atoms with van der Waals surface area (Å²) in [5.41, 5.74) is 0.762. The van der Waals surface area contributed by atoms with Crippen LogP contribution in [-0.2, 0) is 14.8 Å². The second kappa shape index (κ2) is 9.60. The van der Waals surface area contributed by atoms with Gasteiger partial charge in [0.25, 0.3) is 15.9 Å². The molecule has 7 nitrogen and oxygen atoms in total. The fourth-order valence-corrected chi connectivity index (χ4v) is 5.09. The number of hydrogen-bond acceptors (Lipinski definition) is 5. The summed E-state index contributed by atoms with van der Waals surface area (Å²) in [6.45, 7) is 10.4. The molecule has 0 aliphatic carbocycles. The Balaban J connectivity index is 1.65. The topological polar surface area (TPSA) is 79.0 Å². The smallest absolute Gasteiger partial charge is 0.264 e. The van der Waals surface area contributed by atoms with Gasteiger partial charge in [-0.15, -0.1) is 0 Å². The molecular weight excluding hydrogens is 426 g/mol. The van der Waals surface area contributed by atoms with E-state index in [1.165, 1.54) is 23.5 Å². The maximum absolute atomic E-state index is 12.9. The Morgan fingerprint density at radius 1 is 1.06 bits per heavy atom. The van der Waals surface area contributed by atoms with Crippen LogP contribution in [0.25, 0.3) is 0 Å². The molecule has 0 saturated carbocycles. The first-order valence-electron chi connectivity index (χ1n) is 10.8. The average Bonchev–Trinajstić information content (AvgIpc) is 2.77. The van der Waals surface area contributed by atoms with Gasteiger partial charge in [-0.2, -0.15) is 0 Å². The summed E-state index contributed by atoms with van der Waals surface area (Å²) in [4.78, 5) is 15.2. The number of para-hydroxylation sites is 1. The lowest BCUT2D eigenvalue weighted by molar-refractivity contribution is -0.0948. The van der Waals surface area contributed by atoms with E-state index in [4.69, 9.17) is 4.74 Å². The van der Waals surface area contributed by atoms with Crippen molar-refractivity contribution in [3.63, 3.8) is 0 Å². The van der Waals surface area contributed by atoms with Crippen molar-refractivity contribution in [2.75, 3.05) is 31.0 Å². The third kappa shape index (κ3) is 5.49. The lowest BCUT2D eigenvalue weighted by atomic mass is 10.00. The minimum absolute atomic E-state index is 0.136. The molecule has 2 unspecified atom stereocenters. The van der Waals surface area contributed by atoms with Gasteiger partial charge in [0.15, 0.2) is 0 Å². The number of carbonyl (C=O) groups excluding carboxylic acids is 1.